The summed E-state index contributed by atoms with van der Waals surface area (Å²) in [5, 5.41) is 13.8. The average Bonchev–Trinajstić information content (AvgIpc) is 2.71. The van der Waals surface area contributed by atoms with E-state index < -0.39 is 0 Å². The number of benzene rings is 2. The largest absolute Gasteiger partial charge is 0.497 e. The molecule has 2 aromatic carbocycles. The molecule has 138 valence electrons. The van der Waals surface area contributed by atoms with Crippen LogP contribution in [0.4, 0.5) is 16.0 Å². The second kappa shape index (κ2) is 8.75. The molecule has 6 nitrogen and oxygen atoms in total. The van der Waals surface area contributed by atoms with Gasteiger partial charge in [0.1, 0.15) is 17.4 Å². The Morgan fingerprint density at radius 1 is 1.00 bits per heavy atom. The summed E-state index contributed by atoms with van der Waals surface area (Å²) in [6.07, 6.45) is 0.532. The van der Waals surface area contributed by atoms with Gasteiger partial charge in [-0.25, -0.2) is 4.39 Å². The number of nitrogens with zero attached hydrogens (tertiary/aromatic N) is 2. The molecule has 1 aromatic heterocycles. The predicted octanol–water partition coefficient (Wildman–Crippen LogP) is 3.53. The van der Waals surface area contributed by atoms with Crippen molar-refractivity contribution in [1.82, 2.24) is 10.2 Å². The Hall–Kier alpha value is -3.48. The number of halogens is 1. The molecule has 0 radical (unpaired) electrons. The fourth-order valence-corrected chi connectivity index (χ4v) is 2.45. The number of rotatable bonds is 7. The Balaban J connectivity index is 1.52. The lowest BCUT2D eigenvalue weighted by molar-refractivity contribution is 0.102. The number of nitrogens with one attached hydrogen (secondary N) is 2. The van der Waals surface area contributed by atoms with Gasteiger partial charge in [-0.2, -0.15) is 0 Å². The van der Waals surface area contributed by atoms with E-state index in [2.05, 4.69) is 20.8 Å². The molecule has 0 aliphatic rings. The first-order chi connectivity index (χ1) is 13.2. The summed E-state index contributed by atoms with van der Waals surface area (Å²) in [5.74, 6) is 1.07. The SMILES string of the molecule is COc1ccc(C(=O)Nc2ccc(NCCc3ccccc3F)nn2)cc1. The van der Waals surface area contributed by atoms with Crippen LogP contribution in [0.1, 0.15) is 15.9 Å². The van der Waals surface area contributed by atoms with Crippen molar-refractivity contribution in [2.24, 2.45) is 0 Å². The second-order valence-corrected chi connectivity index (χ2v) is 5.75. The predicted molar refractivity (Wildman–Crippen MR) is 102 cm³/mol. The van der Waals surface area contributed by atoms with E-state index in [-0.39, 0.29) is 11.7 Å². The third kappa shape index (κ3) is 5.01. The van der Waals surface area contributed by atoms with Gasteiger partial charge in [-0.3, -0.25) is 4.79 Å². The lowest BCUT2D eigenvalue weighted by Gasteiger charge is -2.08. The summed E-state index contributed by atoms with van der Waals surface area (Å²) >= 11 is 0. The number of ether oxygens (including phenoxy) is 1. The average molecular weight is 366 g/mol. The highest BCUT2D eigenvalue weighted by Gasteiger charge is 2.08. The molecule has 1 heterocycles. The maximum Gasteiger partial charge on any atom is 0.256 e. The van der Waals surface area contributed by atoms with Crippen LogP contribution < -0.4 is 15.4 Å². The fourth-order valence-electron chi connectivity index (χ4n) is 2.45. The van der Waals surface area contributed by atoms with Crippen LogP contribution in [0.5, 0.6) is 5.75 Å². The van der Waals surface area contributed by atoms with Crippen molar-refractivity contribution in [3.63, 3.8) is 0 Å². The normalized spacial score (nSPS) is 10.3. The van der Waals surface area contributed by atoms with E-state index in [0.717, 1.165) is 0 Å². The van der Waals surface area contributed by atoms with Gasteiger partial charge in [-0.1, -0.05) is 18.2 Å². The number of carbonyl (C=O) groups excluding carboxylic acids is 1. The van der Waals surface area contributed by atoms with Crippen LogP contribution >= 0.6 is 0 Å². The van der Waals surface area contributed by atoms with Crippen molar-refractivity contribution >= 4 is 17.5 Å². The highest BCUT2D eigenvalue weighted by molar-refractivity contribution is 6.03. The van der Waals surface area contributed by atoms with Gasteiger partial charge in [0, 0.05) is 12.1 Å². The Bertz CT molecular complexity index is 899. The summed E-state index contributed by atoms with van der Waals surface area (Å²) < 4.78 is 18.6. The molecule has 2 N–H and O–H groups in total. The first-order valence-corrected chi connectivity index (χ1v) is 8.42. The van der Waals surface area contributed by atoms with E-state index in [1.54, 1.807) is 61.7 Å². The quantitative estimate of drug-likeness (QED) is 0.669. The van der Waals surface area contributed by atoms with Crippen LogP contribution in [0.25, 0.3) is 0 Å². The van der Waals surface area contributed by atoms with Crippen molar-refractivity contribution in [2.75, 3.05) is 24.3 Å². The summed E-state index contributed by atoms with van der Waals surface area (Å²) in [6, 6.07) is 16.8. The highest BCUT2D eigenvalue weighted by atomic mass is 19.1. The van der Waals surface area contributed by atoms with Crippen molar-refractivity contribution < 1.29 is 13.9 Å². The lowest BCUT2D eigenvalue weighted by atomic mass is 10.1. The molecule has 0 aliphatic carbocycles. The number of carbonyl (C=O) groups is 1. The third-order valence-electron chi connectivity index (χ3n) is 3.92. The number of aromatic nitrogens is 2. The molecule has 0 aliphatic heterocycles. The number of hydrogen-bond acceptors (Lipinski definition) is 5. The molecular formula is C20H19FN4O2. The fraction of sp³-hybridized carbons (Fsp3) is 0.150. The third-order valence-corrected chi connectivity index (χ3v) is 3.92. The Labute approximate surface area is 156 Å². The molecule has 0 unspecified atom stereocenters. The molecule has 7 heteroatoms. The lowest BCUT2D eigenvalue weighted by Crippen LogP contribution is -2.14. The van der Waals surface area contributed by atoms with Gasteiger partial charge >= 0.3 is 0 Å². The van der Waals surface area contributed by atoms with Crippen LogP contribution in [0.15, 0.2) is 60.7 Å². The molecule has 3 rings (SSSR count). The summed E-state index contributed by atoms with van der Waals surface area (Å²) in [7, 11) is 1.57. The zero-order valence-corrected chi connectivity index (χ0v) is 14.8. The first-order valence-electron chi connectivity index (χ1n) is 8.42. The number of amides is 1. The van der Waals surface area contributed by atoms with Gasteiger partial charge in [0.15, 0.2) is 5.82 Å². The van der Waals surface area contributed by atoms with Crippen molar-refractivity contribution in [3.8, 4) is 5.75 Å². The van der Waals surface area contributed by atoms with Crippen LogP contribution in [-0.4, -0.2) is 29.8 Å². The van der Waals surface area contributed by atoms with Crippen molar-refractivity contribution in [3.05, 3.63) is 77.6 Å². The minimum Gasteiger partial charge on any atom is -0.497 e. The molecular weight excluding hydrogens is 347 g/mol. The molecule has 0 fully saturated rings. The molecule has 3 aromatic rings. The van der Waals surface area contributed by atoms with Crippen molar-refractivity contribution in [1.29, 1.82) is 0 Å². The van der Waals surface area contributed by atoms with Crippen LogP contribution in [-0.2, 0) is 6.42 Å². The van der Waals surface area contributed by atoms with E-state index in [0.29, 0.717) is 41.5 Å². The van der Waals surface area contributed by atoms with E-state index in [9.17, 15) is 9.18 Å². The summed E-state index contributed by atoms with van der Waals surface area (Å²) in [5.41, 5.74) is 1.13. The zero-order chi connectivity index (χ0) is 19.1. The standard InChI is InChI=1S/C20H19FN4O2/c1-27-16-8-6-15(7-9-16)20(26)23-19-11-10-18(24-25-19)22-13-12-14-4-2-3-5-17(14)21/h2-11H,12-13H2,1H3,(H,22,24)(H,23,25,26). The van der Waals surface area contributed by atoms with Crippen LogP contribution in [0.3, 0.4) is 0 Å². The first kappa shape index (κ1) is 18.3. The van der Waals surface area contributed by atoms with Crippen molar-refractivity contribution in [2.45, 2.75) is 6.42 Å². The van der Waals surface area contributed by atoms with Gasteiger partial charge in [-0.05, 0) is 54.4 Å². The topological polar surface area (TPSA) is 76.1 Å². The van der Waals surface area contributed by atoms with E-state index in [4.69, 9.17) is 4.74 Å². The Morgan fingerprint density at radius 3 is 2.37 bits per heavy atom. The maximum absolute atomic E-state index is 13.6. The van der Waals surface area contributed by atoms with Gasteiger partial charge in [0.2, 0.25) is 0 Å². The number of methoxy groups -OCH3 is 1. The van der Waals surface area contributed by atoms with E-state index >= 15 is 0 Å². The maximum atomic E-state index is 13.6. The second-order valence-electron chi connectivity index (χ2n) is 5.75. The Kier molecular flexibility index (Phi) is 5.94. The molecule has 0 bridgehead atoms. The zero-order valence-electron chi connectivity index (χ0n) is 14.8. The van der Waals surface area contributed by atoms with Crippen LogP contribution in [0.2, 0.25) is 0 Å². The monoisotopic (exact) mass is 366 g/mol. The molecule has 0 atom stereocenters. The van der Waals surface area contributed by atoms with Gasteiger partial charge in [0.05, 0.1) is 7.11 Å². The summed E-state index contributed by atoms with van der Waals surface area (Å²) in [6.45, 7) is 0.521. The minimum atomic E-state index is -0.285. The van der Waals surface area contributed by atoms with Crippen LogP contribution in [0, 0.1) is 5.82 Å². The highest BCUT2D eigenvalue weighted by Crippen LogP contribution is 2.13. The smallest absolute Gasteiger partial charge is 0.256 e. The molecule has 0 spiro atoms. The number of hydrogen-bond donors (Lipinski definition) is 2. The van der Waals surface area contributed by atoms with Gasteiger partial charge in [-0.15, -0.1) is 10.2 Å². The molecule has 0 saturated carbocycles. The van der Waals surface area contributed by atoms with Gasteiger partial charge < -0.3 is 15.4 Å². The van der Waals surface area contributed by atoms with E-state index in [1.807, 2.05) is 0 Å². The molecule has 0 saturated heterocycles. The molecule has 1 amide bonds. The Morgan fingerprint density at radius 2 is 1.70 bits per heavy atom. The van der Waals surface area contributed by atoms with E-state index in [1.165, 1.54) is 6.07 Å². The summed E-state index contributed by atoms with van der Waals surface area (Å²) in [4.78, 5) is 12.2. The van der Waals surface area contributed by atoms with Gasteiger partial charge in [0.25, 0.3) is 5.91 Å². The molecule has 27 heavy (non-hydrogen) atoms. The minimum absolute atomic E-state index is 0.220. The number of anilines is 2.